The molecule has 192 valence electrons. The molecule has 0 atom stereocenters. The fourth-order valence-electron chi connectivity index (χ4n) is 4.30. The number of nitrogens with one attached hydrogen (secondary N) is 1. The Hall–Kier alpha value is -3.10. The van der Waals surface area contributed by atoms with E-state index < -0.39 is 5.82 Å². The van der Waals surface area contributed by atoms with Crippen LogP contribution in [0.3, 0.4) is 0 Å². The lowest BCUT2D eigenvalue weighted by atomic mass is 10.1. The second-order valence-corrected chi connectivity index (χ2v) is 9.90. The molecule has 1 aliphatic carbocycles. The minimum Gasteiger partial charge on any atom is -0.493 e. The lowest BCUT2D eigenvalue weighted by Crippen LogP contribution is -2.37. The Morgan fingerprint density at radius 1 is 1.06 bits per heavy atom. The van der Waals surface area contributed by atoms with Crippen LogP contribution in [-0.4, -0.2) is 63.0 Å². The summed E-state index contributed by atoms with van der Waals surface area (Å²) in [5.41, 5.74) is 1.78. The third kappa shape index (κ3) is 5.99. The first kappa shape index (κ1) is 24.6. The van der Waals surface area contributed by atoms with E-state index in [1.807, 2.05) is 18.2 Å². The molecule has 8 heteroatoms. The summed E-state index contributed by atoms with van der Waals surface area (Å²) in [6.07, 6.45) is 4.98. The van der Waals surface area contributed by atoms with Crippen molar-refractivity contribution in [1.82, 2.24) is 9.88 Å². The van der Waals surface area contributed by atoms with Crippen LogP contribution in [0.25, 0.3) is 10.9 Å². The molecule has 0 unspecified atom stereocenters. The van der Waals surface area contributed by atoms with Crippen molar-refractivity contribution in [3.05, 3.63) is 48.4 Å². The average molecular weight is 496 g/mol. The average Bonchev–Trinajstić information content (AvgIpc) is 3.64. The van der Waals surface area contributed by atoms with Crippen molar-refractivity contribution < 1.29 is 23.3 Å². The van der Waals surface area contributed by atoms with Gasteiger partial charge in [-0.2, -0.15) is 0 Å². The number of rotatable bonds is 11. The van der Waals surface area contributed by atoms with Gasteiger partial charge in [0.05, 0.1) is 32.4 Å². The van der Waals surface area contributed by atoms with Gasteiger partial charge >= 0.3 is 0 Å². The minimum atomic E-state index is -0.418. The number of anilines is 1. The van der Waals surface area contributed by atoms with Gasteiger partial charge in [0.15, 0.2) is 23.1 Å². The van der Waals surface area contributed by atoms with Crippen LogP contribution >= 0.6 is 0 Å². The maximum atomic E-state index is 14.9. The summed E-state index contributed by atoms with van der Waals surface area (Å²) < 4.78 is 37.9. The molecule has 0 amide bonds. The molecular weight excluding hydrogens is 461 g/mol. The van der Waals surface area contributed by atoms with E-state index >= 15 is 0 Å². The molecule has 2 aromatic carbocycles. The highest BCUT2D eigenvalue weighted by molar-refractivity contribution is 5.88. The molecule has 1 N–H and O–H groups in total. The molecule has 3 aromatic rings. The van der Waals surface area contributed by atoms with Crippen LogP contribution in [0.1, 0.15) is 26.2 Å². The predicted octanol–water partition coefficient (Wildman–Crippen LogP) is 5.49. The largest absolute Gasteiger partial charge is 0.493 e. The predicted molar refractivity (Wildman–Crippen MR) is 138 cm³/mol. The second kappa shape index (κ2) is 10.9. The fraction of sp³-hybridized carbons (Fsp3) is 0.464. The van der Waals surface area contributed by atoms with Crippen LogP contribution in [-0.2, 0) is 4.74 Å². The molecule has 0 radical (unpaired) electrons. The standard InChI is InChI=1S/C28H34FN3O4/c1-28(7-8-28)19-31-20-4-5-25(22(29)16-20)36-24-6-9-30-23-18-27(26(33-2)17-21(23)24)35-13-3-10-32-11-14-34-15-12-32/h4-6,9,16-18,31H,3,7-8,10-15,19H2,1-2H3. The third-order valence-corrected chi connectivity index (χ3v) is 6.94. The SMILES string of the molecule is COc1cc2c(Oc3ccc(NCC4(C)CC4)cc3F)ccnc2cc1OCCCN1CCOCC1. The van der Waals surface area contributed by atoms with Crippen molar-refractivity contribution in [3.8, 4) is 23.0 Å². The second-order valence-electron chi connectivity index (χ2n) is 9.90. The van der Waals surface area contributed by atoms with Crippen LogP contribution in [0.2, 0.25) is 0 Å². The first-order valence-corrected chi connectivity index (χ1v) is 12.6. The third-order valence-electron chi connectivity index (χ3n) is 6.94. The molecular formula is C28H34FN3O4. The normalized spacial score (nSPS) is 17.1. The van der Waals surface area contributed by atoms with E-state index in [4.69, 9.17) is 18.9 Å². The van der Waals surface area contributed by atoms with Crippen molar-refractivity contribution in [2.24, 2.45) is 5.41 Å². The maximum Gasteiger partial charge on any atom is 0.167 e. The van der Waals surface area contributed by atoms with Crippen molar-refractivity contribution in [2.75, 3.05) is 58.4 Å². The van der Waals surface area contributed by atoms with E-state index in [2.05, 4.69) is 22.1 Å². The van der Waals surface area contributed by atoms with Gasteiger partial charge in [0.2, 0.25) is 0 Å². The molecule has 36 heavy (non-hydrogen) atoms. The van der Waals surface area contributed by atoms with Gasteiger partial charge in [0.25, 0.3) is 0 Å². The number of pyridine rings is 1. The summed E-state index contributed by atoms with van der Waals surface area (Å²) in [6.45, 7) is 8.13. The zero-order chi connectivity index (χ0) is 25.0. The Morgan fingerprint density at radius 3 is 2.64 bits per heavy atom. The number of fused-ring (bicyclic) bond motifs is 1. The number of nitrogens with zero attached hydrogens (tertiary/aromatic N) is 2. The molecule has 2 fully saturated rings. The summed E-state index contributed by atoms with van der Waals surface area (Å²) in [4.78, 5) is 6.85. The Labute approximate surface area is 211 Å². The monoisotopic (exact) mass is 495 g/mol. The zero-order valence-electron chi connectivity index (χ0n) is 21.0. The van der Waals surface area contributed by atoms with Gasteiger partial charge in [-0.25, -0.2) is 4.39 Å². The summed E-state index contributed by atoms with van der Waals surface area (Å²) in [5.74, 6) is 1.45. The van der Waals surface area contributed by atoms with E-state index in [0.29, 0.717) is 34.8 Å². The molecule has 2 heterocycles. The van der Waals surface area contributed by atoms with Crippen molar-refractivity contribution >= 4 is 16.6 Å². The van der Waals surface area contributed by atoms with E-state index in [9.17, 15) is 4.39 Å². The van der Waals surface area contributed by atoms with Crippen molar-refractivity contribution in [3.63, 3.8) is 0 Å². The molecule has 1 saturated heterocycles. The molecule has 1 saturated carbocycles. The number of morpholine rings is 1. The summed E-state index contributed by atoms with van der Waals surface area (Å²) >= 11 is 0. The lowest BCUT2D eigenvalue weighted by molar-refractivity contribution is 0.0357. The van der Waals surface area contributed by atoms with E-state index in [-0.39, 0.29) is 5.75 Å². The molecule has 1 aliphatic heterocycles. The van der Waals surface area contributed by atoms with Gasteiger partial charge in [-0.05, 0) is 48.9 Å². The minimum absolute atomic E-state index is 0.160. The molecule has 0 bridgehead atoms. The summed E-state index contributed by atoms with van der Waals surface area (Å²) in [5, 5.41) is 4.05. The highest BCUT2D eigenvalue weighted by Crippen LogP contribution is 2.45. The van der Waals surface area contributed by atoms with E-state index in [1.54, 1.807) is 25.4 Å². The number of benzene rings is 2. The van der Waals surface area contributed by atoms with Crippen molar-refractivity contribution in [2.45, 2.75) is 26.2 Å². The Bertz CT molecular complexity index is 1190. The van der Waals surface area contributed by atoms with Crippen LogP contribution in [0.15, 0.2) is 42.6 Å². The fourth-order valence-corrected chi connectivity index (χ4v) is 4.30. The van der Waals surface area contributed by atoms with Gasteiger partial charge in [0, 0.05) is 55.6 Å². The molecule has 7 nitrogen and oxygen atoms in total. The molecule has 2 aliphatic rings. The Morgan fingerprint density at radius 2 is 1.89 bits per heavy atom. The topological polar surface area (TPSA) is 65.1 Å². The van der Waals surface area contributed by atoms with Crippen molar-refractivity contribution in [1.29, 1.82) is 0 Å². The first-order valence-electron chi connectivity index (χ1n) is 12.6. The van der Waals surface area contributed by atoms with Gasteiger partial charge in [-0.3, -0.25) is 9.88 Å². The number of ether oxygens (including phenoxy) is 4. The van der Waals surface area contributed by atoms with Gasteiger partial charge in [-0.1, -0.05) is 6.92 Å². The smallest absolute Gasteiger partial charge is 0.167 e. The van der Waals surface area contributed by atoms with Crippen LogP contribution in [0.5, 0.6) is 23.0 Å². The number of halogens is 1. The molecule has 5 rings (SSSR count). The van der Waals surface area contributed by atoms with Gasteiger partial charge in [0.1, 0.15) is 5.75 Å². The highest BCUT2D eigenvalue weighted by atomic mass is 19.1. The van der Waals surface area contributed by atoms with Gasteiger partial charge < -0.3 is 24.3 Å². The van der Waals surface area contributed by atoms with E-state index in [1.165, 1.54) is 18.9 Å². The van der Waals surface area contributed by atoms with Crippen LogP contribution < -0.4 is 19.5 Å². The Balaban J connectivity index is 1.26. The molecule has 1 aromatic heterocycles. The number of methoxy groups -OCH3 is 1. The number of hydrogen-bond donors (Lipinski definition) is 1. The van der Waals surface area contributed by atoms with Crippen LogP contribution in [0.4, 0.5) is 10.1 Å². The number of hydrogen-bond acceptors (Lipinski definition) is 7. The summed E-state index contributed by atoms with van der Waals surface area (Å²) in [7, 11) is 1.60. The van der Waals surface area contributed by atoms with Gasteiger partial charge in [-0.15, -0.1) is 0 Å². The quantitative estimate of drug-likeness (QED) is 0.353. The lowest BCUT2D eigenvalue weighted by Gasteiger charge is -2.26. The number of aromatic nitrogens is 1. The highest BCUT2D eigenvalue weighted by Gasteiger charge is 2.36. The zero-order valence-corrected chi connectivity index (χ0v) is 21.0. The maximum absolute atomic E-state index is 14.9. The first-order chi connectivity index (χ1) is 17.5. The van der Waals surface area contributed by atoms with E-state index in [0.717, 1.165) is 56.9 Å². The van der Waals surface area contributed by atoms with Crippen LogP contribution in [0, 0.1) is 11.2 Å². The summed E-state index contributed by atoms with van der Waals surface area (Å²) in [6, 6.07) is 10.4. The molecule has 0 spiro atoms. The Kier molecular flexibility index (Phi) is 7.43.